The molecule has 0 radical (unpaired) electrons. The lowest BCUT2D eigenvalue weighted by molar-refractivity contribution is -0.118. The zero-order valence-corrected chi connectivity index (χ0v) is 12.2. The van der Waals surface area contributed by atoms with E-state index in [1.165, 1.54) is 12.5 Å². The molecule has 4 heteroatoms. The molecule has 3 rings (SSSR count). The Hall–Kier alpha value is -2.23. The minimum atomic E-state index is -0.0201. The fourth-order valence-electron chi connectivity index (χ4n) is 2.92. The molecule has 0 spiro atoms. The lowest BCUT2D eigenvalue weighted by Gasteiger charge is -2.18. The van der Waals surface area contributed by atoms with Gasteiger partial charge in [0.1, 0.15) is 17.1 Å². The number of amides is 1. The number of nitrogens with one attached hydrogen (secondary N) is 1. The molecule has 110 valence electrons. The SMILES string of the molecule is C=Cc1oc2ccc3c(c2c1CCNC(C)=O)CCCO3. The summed E-state index contributed by atoms with van der Waals surface area (Å²) in [6, 6.07) is 3.93. The summed E-state index contributed by atoms with van der Waals surface area (Å²) >= 11 is 0. The quantitative estimate of drug-likeness (QED) is 0.939. The third-order valence-corrected chi connectivity index (χ3v) is 3.81. The number of hydrogen-bond acceptors (Lipinski definition) is 3. The second-order valence-electron chi connectivity index (χ2n) is 5.25. The van der Waals surface area contributed by atoms with E-state index in [0.29, 0.717) is 6.54 Å². The molecule has 1 aliphatic rings. The van der Waals surface area contributed by atoms with E-state index in [4.69, 9.17) is 9.15 Å². The fraction of sp³-hybridized carbons (Fsp3) is 0.353. The van der Waals surface area contributed by atoms with Gasteiger partial charge in [-0.2, -0.15) is 0 Å². The zero-order valence-electron chi connectivity index (χ0n) is 12.2. The van der Waals surface area contributed by atoms with E-state index >= 15 is 0 Å². The molecule has 0 saturated heterocycles. The Morgan fingerprint density at radius 2 is 2.33 bits per heavy atom. The molecule has 4 nitrogen and oxygen atoms in total. The van der Waals surface area contributed by atoms with Crippen molar-refractivity contribution in [3.63, 3.8) is 0 Å². The van der Waals surface area contributed by atoms with E-state index < -0.39 is 0 Å². The van der Waals surface area contributed by atoms with Crippen molar-refractivity contribution >= 4 is 23.0 Å². The van der Waals surface area contributed by atoms with Crippen LogP contribution in [-0.2, 0) is 17.6 Å². The van der Waals surface area contributed by atoms with Crippen molar-refractivity contribution in [3.05, 3.63) is 35.6 Å². The molecule has 0 unspecified atom stereocenters. The molecule has 1 aromatic heterocycles. The summed E-state index contributed by atoms with van der Waals surface area (Å²) in [6.45, 7) is 6.72. The van der Waals surface area contributed by atoms with E-state index in [0.717, 1.165) is 53.9 Å². The highest BCUT2D eigenvalue weighted by molar-refractivity contribution is 5.90. The maximum Gasteiger partial charge on any atom is 0.216 e. The minimum Gasteiger partial charge on any atom is -0.493 e. The Labute approximate surface area is 123 Å². The number of aryl methyl sites for hydroxylation is 1. The van der Waals surface area contributed by atoms with Gasteiger partial charge in [0.15, 0.2) is 0 Å². The van der Waals surface area contributed by atoms with Crippen LogP contribution in [0.15, 0.2) is 23.1 Å². The van der Waals surface area contributed by atoms with Gasteiger partial charge in [0, 0.05) is 30.0 Å². The van der Waals surface area contributed by atoms with E-state index in [1.807, 2.05) is 12.1 Å². The van der Waals surface area contributed by atoms with Crippen molar-refractivity contribution in [2.24, 2.45) is 0 Å². The van der Waals surface area contributed by atoms with E-state index in [-0.39, 0.29) is 5.91 Å². The van der Waals surface area contributed by atoms with Crippen LogP contribution < -0.4 is 10.1 Å². The van der Waals surface area contributed by atoms with Gasteiger partial charge in [-0.15, -0.1) is 0 Å². The average Bonchev–Trinajstić information content (AvgIpc) is 2.85. The summed E-state index contributed by atoms with van der Waals surface area (Å²) in [5.41, 5.74) is 3.19. The van der Waals surface area contributed by atoms with Gasteiger partial charge in [-0.3, -0.25) is 4.79 Å². The van der Waals surface area contributed by atoms with Crippen LogP contribution >= 0.6 is 0 Å². The number of benzene rings is 1. The van der Waals surface area contributed by atoms with Gasteiger partial charge in [-0.1, -0.05) is 6.58 Å². The Morgan fingerprint density at radius 1 is 1.48 bits per heavy atom. The molecule has 1 amide bonds. The first kappa shape index (κ1) is 13.7. The molecule has 0 bridgehead atoms. The van der Waals surface area contributed by atoms with E-state index in [2.05, 4.69) is 11.9 Å². The van der Waals surface area contributed by atoms with Crippen LogP contribution in [0.4, 0.5) is 0 Å². The summed E-state index contributed by atoms with van der Waals surface area (Å²) in [4.78, 5) is 11.0. The number of carbonyl (C=O) groups is 1. The Kier molecular flexibility index (Phi) is 3.69. The molecule has 2 aromatic rings. The highest BCUT2D eigenvalue weighted by Crippen LogP contribution is 2.37. The number of furan rings is 1. The first-order chi connectivity index (χ1) is 10.2. The maximum atomic E-state index is 11.0. The minimum absolute atomic E-state index is 0.0201. The van der Waals surface area contributed by atoms with Gasteiger partial charge < -0.3 is 14.5 Å². The summed E-state index contributed by atoms with van der Waals surface area (Å²) in [5.74, 6) is 1.72. The third kappa shape index (κ3) is 2.53. The highest BCUT2D eigenvalue weighted by atomic mass is 16.5. The number of rotatable bonds is 4. The van der Waals surface area contributed by atoms with Crippen molar-refractivity contribution in [1.82, 2.24) is 5.32 Å². The van der Waals surface area contributed by atoms with Crippen molar-refractivity contribution < 1.29 is 13.9 Å². The molecular formula is C17H19NO3. The number of carbonyl (C=O) groups excluding carboxylic acids is 1. The lowest BCUT2D eigenvalue weighted by atomic mass is 9.97. The van der Waals surface area contributed by atoms with Crippen LogP contribution in [0.3, 0.4) is 0 Å². The van der Waals surface area contributed by atoms with Crippen molar-refractivity contribution in [3.8, 4) is 5.75 Å². The van der Waals surface area contributed by atoms with Crippen LogP contribution in [0.25, 0.3) is 17.0 Å². The molecule has 1 aromatic carbocycles. The van der Waals surface area contributed by atoms with Crippen LogP contribution in [0.5, 0.6) is 5.75 Å². The van der Waals surface area contributed by atoms with Gasteiger partial charge in [0.2, 0.25) is 5.91 Å². The number of fused-ring (bicyclic) bond motifs is 3. The topological polar surface area (TPSA) is 51.5 Å². The second kappa shape index (κ2) is 5.64. The smallest absolute Gasteiger partial charge is 0.216 e. The van der Waals surface area contributed by atoms with Gasteiger partial charge in [0.05, 0.1) is 6.61 Å². The maximum absolute atomic E-state index is 11.0. The lowest BCUT2D eigenvalue weighted by Crippen LogP contribution is -2.22. The summed E-state index contributed by atoms with van der Waals surface area (Å²) in [7, 11) is 0. The predicted molar refractivity (Wildman–Crippen MR) is 82.5 cm³/mol. The van der Waals surface area contributed by atoms with Gasteiger partial charge in [0.25, 0.3) is 0 Å². The standard InChI is InChI=1S/C17H19NO3/c1-3-14-13(8-9-18-11(2)19)17-12-5-4-10-20-15(12)6-7-16(17)21-14/h3,6-7H,1,4-5,8-10H2,2H3,(H,18,19). The first-order valence-electron chi connectivity index (χ1n) is 7.27. The molecule has 0 aliphatic carbocycles. The van der Waals surface area contributed by atoms with Crippen molar-refractivity contribution in [2.75, 3.05) is 13.2 Å². The summed E-state index contributed by atoms with van der Waals surface area (Å²) < 4.78 is 11.6. The van der Waals surface area contributed by atoms with Gasteiger partial charge in [-0.25, -0.2) is 0 Å². The highest BCUT2D eigenvalue weighted by Gasteiger charge is 2.20. The third-order valence-electron chi connectivity index (χ3n) is 3.81. The molecular weight excluding hydrogens is 266 g/mol. The summed E-state index contributed by atoms with van der Waals surface area (Å²) in [5, 5.41) is 3.97. The van der Waals surface area contributed by atoms with E-state index in [9.17, 15) is 4.79 Å². The Balaban J connectivity index is 2.06. The Morgan fingerprint density at radius 3 is 3.10 bits per heavy atom. The van der Waals surface area contributed by atoms with Crippen molar-refractivity contribution in [1.29, 1.82) is 0 Å². The normalized spacial score (nSPS) is 13.6. The molecule has 1 aliphatic heterocycles. The van der Waals surface area contributed by atoms with Crippen LogP contribution in [0, 0.1) is 0 Å². The predicted octanol–water partition coefficient (Wildman–Crippen LogP) is 3.08. The largest absolute Gasteiger partial charge is 0.493 e. The fourth-order valence-corrected chi connectivity index (χ4v) is 2.92. The number of hydrogen-bond donors (Lipinski definition) is 1. The number of ether oxygens (including phenoxy) is 1. The van der Waals surface area contributed by atoms with E-state index in [1.54, 1.807) is 6.08 Å². The van der Waals surface area contributed by atoms with Gasteiger partial charge >= 0.3 is 0 Å². The molecule has 21 heavy (non-hydrogen) atoms. The molecule has 0 atom stereocenters. The van der Waals surface area contributed by atoms with Crippen molar-refractivity contribution in [2.45, 2.75) is 26.2 Å². The summed E-state index contributed by atoms with van der Waals surface area (Å²) in [6.07, 6.45) is 4.48. The molecule has 0 saturated carbocycles. The molecule has 0 fully saturated rings. The zero-order chi connectivity index (χ0) is 14.8. The average molecular weight is 285 g/mol. The molecule has 2 heterocycles. The monoisotopic (exact) mass is 285 g/mol. The van der Waals surface area contributed by atoms with Gasteiger partial charge in [-0.05, 0) is 37.5 Å². The van der Waals surface area contributed by atoms with Crippen LogP contribution in [0.2, 0.25) is 0 Å². The second-order valence-corrected chi connectivity index (χ2v) is 5.25. The molecule has 1 N–H and O–H groups in total. The van der Waals surface area contributed by atoms with Crippen LogP contribution in [0.1, 0.15) is 30.2 Å². The first-order valence-corrected chi connectivity index (χ1v) is 7.27. The Bertz CT molecular complexity index is 700. The van der Waals surface area contributed by atoms with Crippen LogP contribution in [-0.4, -0.2) is 19.1 Å².